The molecular formula is C14H23N3S. The fourth-order valence-electron chi connectivity index (χ4n) is 1.95. The third kappa shape index (κ3) is 4.61. The molecule has 3 nitrogen and oxygen atoms in total. The Balaban J connectivity index is 2.58. The van der Waals surface area contributed by atoms with Crippen molar-refractivity contribution in [3.8, 4) is 0 Å². The normalized spacial score (nSPS) is 11.1. The molecule has 0 radical (unpaired) electrons. The van der Waals surface area contributed by atoms with Crippen LogP contribution in [0.15, 0.2) is 18.3 Å². The molecule has 1 aromatic heterocycles. The van der Waals surface area contributed by atoms with Crippen molar-refractivity contribution >= 4 is 23.1 Å². The number of pyridine rings is 1. The van der Waals surface area contributed by atoms with Crippen LogP contribution >= 0.6 is 12.2 Å². The number of hydrogen-bond donors (Lipinski definition) is 2. The van der Waals surface area contributed by atoms with Crippen molar-refractivity contribution in [2.24, 2.45) is 11.8 Å². The highest BCUT2D eigenvalue weighted by atomic mass is 32.1. The molecule has 0 aliphatic rings. The highest BCUT2D eigenvalue weighted by molar-refractivity contribution is 7.80. The maximum Gasteiger partial charge on any atom is 0.172 e. The molecule has 0 aliphatic carbocycles. The molecule has 0 bridgehead atoms. The molecule has 0 amide bonds. The van der Waals surface area contributed by atoms with Crippen LogP contribution in [0.2, 0.25) is 0 Å². The summed E-state index contributed by atoms with van der Waals surface area (Å²) < 4.78 is 0. The lowest BCUT2D eigenvalue weighted by atomic mass is 9.93. The van der Waals surface area contributed by atoms with Gasteiger partial charge in [0.05, 0.1) is 0 Å². The minimum Gasteiger partial charge on any atom is -0.359 e. The molecule has 1 aromatic rings. The van der Waals surface area contributed by atoms with Crippen molar-refractivity contribution in [2.75, 3.05) is 5.32 Å². The van der Waals surface area contributed by atoms with Gasteiger partial charge in [-0.1, -0.05) is 33.8 Å². The molecule has 4 heteroatoms. The summed E-state index contributed by atoms with van der Waals surface area (Å²) in [5, 5.41) is 7.12. The molecule has 0 saturated heterocycles. The molecule has 1 rings (SSSR count). The number of nitrogens with zero attached hydrogens (tertiary/aromatic N) is 1. The van der Waals surface area contributed by atoms with Gasteiger partial charge in [-0.2, -0.15) is 0 Å². The first kappa shape index (κ1) is 14.9. The SMILES string of the molecule is Cc1ccc(NC(=S)NC(C(C)C)C(C)C)nc1. The van der Waals surface area contributed by atoms with Crippen molar-refractivity contribution < 1.29 is 0 Å². The smallest absolute Gasteiger partial charge is 0.172 e. The van der Waals surface area contributed by atoms with Gasteiger partial charge in [-0.15, -0.1) is 0 Å². The second kappa shape index (κ2) is 6.69. The van der Waals surface area contributed by atoms with Gasteiger partial charge in [0.15, 0.2) is 5.11 Å². The summed E-state index contributed by atoms with van der Waals surface area (Å²) in [4.78, 5) is 4.28. The van der Waals surface area contributed by atoms with Crippen molar-refractivity contribution in [1.29, 1.82) is 0 Å². The molecule has 0 fully saturated rings. The van der Waals surface area contributed by atoms with E-state index in [1.807, 2.05) is 25.3 Å². The Morgan fingerprint density at radius 1 is 1.17 bits per heavy atom. The Morgan fingerprint density at radius 2 is 1.78 bits per heavy atom. The Hall–Kier alpha value is -1.16. The summed E-state index contributed by atoms with van der Waals surface area (Å²) in [5.74, 6) is 1.86. The maximum absolute atomic E-state index is 5.32. The van der Waals surface area contributed by atoms with Crippen molar-refractivity contribution in [2.45, 2.75) is 40.7 Å². The number of nitrogens with one attached hydrogen (secondary N) is 2. The Morgan fingerprint density at radius 3 is 2.22 bits per heavy atom. The van der Waals surface area contributed by atoms with E-state index < -0.39 is 0 Å². The van der Waals surface area contributed by atoms with E-state index >= 15 is 0 Å². The predicted octanol–water partition coefficient (Wildman–Crippen LogP) is 3.36. The molecule has 0 aliphatic heterocycles. The molecule has 0 unspecified atom stereocenters. The topological polar surface area (TPSA) is 37.0 Å². The van der Waals surface area contributed by atoms with Crippen molar-refractivity contribution in [1.82, 2.24) is 10.3 Å². The summed E-state index contributed by atoms with van der Waals surface area (Å²) in [5.41, 5.74) is 1.14. The van der Waals surface area contributed by atoms with Gasteiger partial charge >= 0.3 is 0 Å². The number of aryl methyl sites for hydroxylation is 1. The summed E-state index contributed by atoms with van der Waals surface area (Å²) in [6.07, 6.45) is 1.83. The minimum absolute atomic E-state index is 0.371. The maximum atomic E-state index is 5.32. The van der Waals surface area contributed by atoms with Gasteiger partial charge < -0.3 is 10.6 Å². The summed E-state index contributed by atoms with van der Waals surface area (Å²) in [6.45, 7) is 10.8. The largest absolute Gasteiger partial charge is 0.359 e. The fraction of sp³-hybridized carbons (Fsp3) is 0.571. The zero-order chi connectivity index (χ0) is 13.7. The minimum atomic E-state index is 0.371. The number of aromatic nitrogens is 1. The number of rotatable bonds is 4. The van der Waals surface area contributed by atoms with E-state index in [1.165, 1.54) is 0 Å². The quantitative estimate of drug-likeness (QED) is 0.819. The van der Waals surface area contributed by atoms with Crippen LogP contribution < -0.4 is 10.6 Å². The third-order valence-corrected chi connectivity index (χ3v) is 3.11. The lowest BCUT2D eigenvalue weighted by molar-refractivity contribution is 0.356. The van der Waals surface area contributed by atoms with E-state index in [0.29, 0.717) is 23.0 Å². The standard InChI is InChI=1S/C14H23N3S/c1-9(2)13(10(3)4)17-14(18)16-12-7-6-11(5)8-15-12/h6-10,13H,1-5H3,(H2,15,16,17,18). The van der Waals surface area contributed by atoms with Gasteiger partial charge in [-0.25, -0.2) is 4.98 Å². The van der Waals surface area contributed by atoms with Crippen LogP contribution in [0.1, 0.15) is 33.3 Å². The molecular weight excluding hydrogens is 242 g/mol. The number of anilines is 1. The van der Waals surface area contributed by atoms with E-state index in [1.54, 1.807) is 0 Å². The van der Waals surface area contributed by atoms with E-state index in [9.17, 15) is 0 Å². The lowest BCUT2D eigenvalue weighted by Crippen LogP contribution is -2.44. The Kier molecular flexibility index (Phi) is 5.54. The van der Waals surface area contributed by atoms with Gasteiger partial charge in [0.1, 0.15) is 5.82 Å². The summed E-state index contributed by atoms with van der Waals surface area (Å²) >= 11 is 5.32. The van der Waals surface area contributed by atoms with Crippen LogP contribution in [0, 0.1) is 18.8 Å². The average molecular weight is 265 g/mol. The highest BCUT2D eigenvalue weighted by Crippen LogP contribution is 2.12. The van der Waals surface area contributed by atoms with Crippen LogP contribution in [0.4, 0.5) is 5.82 Å². The molecule has 0 aromatic carbocycles. The van der Waals surface area contributed by atoms with Gasteiger partial charge in [0, 0.05) is 12.2 Å². The third-order valence-electron chi connectivity index (χ3n) is 2.89. The molecule has 0 spiro atoms. The first-order chi connectivity index (χ1) is 8.40. The number of thiocarbonyl (C=S) groups is 1. The second-order valence-electron chi connectivity index (χ2n) is 5.33. The zero-order valence-corrected chi connectivity index (χ0v) is 12.6. The van der Waals surface area contributed by atoms with E-state index in [0.717, 1.165) is 11.4 Å². The highest BCUT2D eigenvalue weighted by Gasteiger charge is 2.18. The predicted molar refractivity (Wildman–Crippen MR) is 81.8 cm³/mol. The van der Waals surface area contributed by atoms with Gasteiger partial charge in [0.2, 0.25) is 0 Å². The van der Waals surface area contributed by atoms with E-state index in [-0.39, 0.29) is 0 Å². The fourth-order valence-corrected chi connectivity index (χ4v) is 2.19. The van der Waals surface area contributed by atoms with Crippen molar-refractivity contribution in [3.63, 3.8) is 0 Å². The van der Waals surface area contributed by atoms with Crippen LogP contribution in [-0.4, -0.2) is 16.1 Å². The summed E-state index contributed by atoms with van der Waals surface area (Å²) in [7, 11) is 0. The Labute approximate surface area is 115 Å². The zero-order valence-electron chi connectivity index (χ0n) is 11.8. The molecule has 1 heterocycles. The molecule has 2 N–H and O–H groups in total. The van der Waals surface area contributed by atoms with E-state index in [4.69, 9.17) is 12.2 Å². The van der Waals surface area contributed by atoms with Crippen LogP contribution in [0.3, 0.4) is 0 Å². The van der Waals surface area contributed by atoms with E-state index in [2.05, 4.69) is 43.3 Å². The van der Waals surface area contributed by atoms with Gasteiger partial charge in [-0.3, -0.25) is 0 Å². The molecule has 18 heavy (non-hydrogen) atoms. The Bertz CT molecular complexity index is 377. The van der Waals surface area contributed by atoms with Crippen LogP contribution in [0.25, 0.3) is 0 Å². The molecule has 100 valence electrons. The van der Waals surface area contributed by atoms with Crippen molar-refractivity contribution in [3.05, 3.63) is 23.9 Å². The lowest BCUT2D eigenvalue weighted by Gasteiger charge is -2.27. The first-order valence-electron chi connectivity index (χ1n) is 6.40. The van der Waals surface area contributed by atoms with Crippen LogP contribution in [-0.2, 0) is 0 Å². The first-order valence-corrected chi connectivity index (χ1v) is 6.81. The molecule has 0 atom stereocenters. The van der Waals surface area contributed by atoms with Gasteiger partial charge in [0.25, 0.3) is 0 Å². The average Bonchev–Trinajstić information content (AvgIpc) is 2.28. The van der Waals surface area contributed by atoms with Gasteiger partial charge in [-0.05, 0) is 42.6 Å². The monoisotopic (exact) mass is 265 g/mol. The second-order valence-corrected chi connectivity index (χ2v) is 5.74. The molecule has 0 saturated carbocycles. The summed E-state index contributed by atoms with van der Waals surface area (Å²) in [6, 6.07) is 4.32. The van der Waals surface area contributed by atoms with Crippen LogP contribution in [0.5, 0.6) is 0 Å². The number of hydrogen-bond acceptors (Lipinski definition) is 2.